The van der Waals surface area contributed by atoms with Gasteiger partial charge < -0.3 is 43.6 Å². The lowest BCUT2D eigenvalue weighted by molar-refractivity contribution is -0.155. The van der Waals surface area contributed by atoms with Gasteiger partial charge in [0.2, 0.25) is 11.8 Å². The first-order valence-corrected chi connectivity index (χ1v) is 49.6. The van der Waals surface area contributed by atoms with Gasteiger partial charge in [-0.15, -0.1) is 0 Å². The van der Waals surface area contributed by atoms with Crippen molar-refractivity contribution in [3.8, 4) is 0 Å². The minimum absolute atomic E-state index is 0.0533. The molecule has 21 nitrogen and oxygen atoms in total. The van der Waals surface area contributed by atoms with Gasteiger partial charge in [0.15, 0.2) is 0 Å². The van der Waals surface area contributed by atoms with Crippen molar-refractivity contribution >= 4 is 51.3 Å². The Hall–Kier alpha value is -3.00. The van der Waals surface area contributed by atoms with Crippen LogP contribution in [0, 0.1) is 0 Å². The van der Waals surface area contributed by atoms with E-state index in [1.54, 1.807) is 0 Å². The monoisotopic (exact) mass is 1640 g/mol. The Morgan fingerprint density at radius 1 is 0.241 bits per heavy atom. The van der Waals surface area contributed by atoms with Gasteiger partial charge in [0.1, 0.15) is 32.3 Å². The first-order valence-electron chi connectivity index (χ1n) is 46.6. The van der Waals surface area contributed by atoms with E-state index in [0.717, 1.165) is 154 Å². The van der Waals surface area contributed by atoms with E-state index in [4.69, 9.17) is 37.0 Å². The molecule has 0 aromatic rings. The van der Waals surface area contributed by atoms with E-state index in [1.807, 2.05) is 0 Å². The molecule has 0 rings (SSSR count). The minimum Gasteiger partial charge on any atom is -0.464 e. The lowest BCUT2D eigenvalue weighted by atomic mass is 10.1. The van der Waals surface area contributed by atoms with Gasteiger partial charge >= 0.3 is 39.5 Å². The van der Waals surface area contributed by atoms with Crippen LogP contribution in [-0.2, 0) is 74.9 Å². The highest BCUT2D eigenvalue weighted by atomic mass is 31.2. The minimum atomic E-state index is -4.53. The van der Waals surface area contributed by atoms with Gasteiger partial charge in [0.05, 0.1) is 52.9 Å². The van der Waals surface area contributed by atoms with Crippen molar-refractivity contribution in [3.63, 3.8) is 0 Å². The summed E-state index contributed by atoms with van der Waals surface area (Å²) >= 11 is 0. The number of esters is 4. The summed E-state index contributed by atoms with van der Waals surface area (Å²) in [6.07, 6.45) is 69.1. The van der Waals surface area contributed by atoms with E-state index in [9.17, 15) is 52.8 Å². The maximum absolute atomic E-state index is 13.4. The van der Waals surface area contributed by atoms with Gasteiger partial charge in [-0.25, -0.2) is 9.13 Å². The Bertz CT molecular complexity index is 2010. The summed E-state index contributed by atoms with van der Waals surface area (Å²) in [6, 6.07) is 0. The van der Waals surface area contributed by atoms with Crippen molar-refractivity contribution < 1.29 is 89.8 Å². The van der Waals surface area contributed by atoms with Crippen molar-refractivity contribution in [2.45, 2.75) is 458 Å². The average molecular weight is 1640 g/mol. The zero-order valence-corrected chi connectivity index (χ0v) is 74.2. The molecule has 112 heavy (non-hydrogen) atoms. The van der Waals surface area contributed by atoms with Crippen molar-refractivity contribution in [2.24, 2.45) is 0 Å². The van der Waals surface area contributed by atoms with Crippen LogP contribution in [0.5, 0.6) is 0 Å². The van der Waals surface area contributed by atoms with Gasteiger partial charge in [-0.3, -0.25) is 46.9 Å². The third kappa shape index (κ3) is 79.5. The standard InChI is InChI=1S/C89H172N2O19P2/c1-5-9-13-17-21-25-29-33-39-47-55-63-71-103-86(95)77-90(78-87(96)104-72-64-56-48-40-34-30-26-22-18-14-10-6-2)84(93)69-61-53-45-37-43-51-59-67-75-107-111(99,100)109-81-83(92)82-110-112(101,102)108-76-68-60-52-44-38-46-54-62-70-85(94)91(79-88(97)105-73-65-57-49-41-35-31-27-23-19-15-11-7-3)80-89(98)106-74-66-58-50-42-36-32-28-24-20-16-12-8-4/h83,92H,5-82H2,1-4H3,(H,99,100)(H,101,102). The molecule has 3 N–H and O–H groups in total. The van der Waals surface area contributed by atoms with Crippen molar-refractivity contribution in [1.82, 2.24) is 9.80 Å². The van der Waals surface area contributed by atoms with Crippen LogP contribution < -0.4 is 0 Å². The molecular formula is C89H172N2O19P2. The van der Waals surface area contributed by atoms with Crippen molar-refractivity contribution in [3.05, 3.63) is 0 Å². The number of hydrogen-bond donors (Lipinski definition) is 3. The number of nitrogens with zero attached hydrogens (tertiary/aromatic N) is 2. The van der Waals surface area contributed by atoms with E-state index in [2.05, 4.69) is 27.7 Å². The zero-order chi connectivity index (χ0) is 82.0. The van der Waals surface area contributed by atoms with E-state index in [1.165, 1.54) is 241 Å². The summed E-state index contributed by atoms with van der Waals surface area (Å²) in [4.78, 5) is 102. The Kier molecular flexibility index (Phi) is 80.9. The third-order valence-corrected chi connectivity index (χ3v) is 22.9. The highest BCUT2D eigenvalue weighted by molar-refractivity contribution is 7.47. The SMILES string of the molecule is CCCCCCCCCCCCCCOC(=O)CN(CC(=O)OCCCCCCCCCCCCCC)C(=O)CCCCCCCCCCOP(=O)(O)OCC(O)COP(=O)(O)OCCCCCCCCCCC(=O)N(CC(=O)OCCCCCCCCCCCCCC)CC(=O)OCCCCCCCCCCCCCC. The van der Waals surface area contributed by atoms with E-state index < -0.39 is 58.8 Å². The van der Waals surface area contributed by atoms with Crippen LogP contribution in [0.2, 0.25) is 0 Å². The second kappa shape index (κ2) is 83.1. The Balaban J connectivity index is 4.57. The Labute approximate surface area is 684 Å². The molecule has 0 aromatic carbocycles. The van der Waals surface area contributed by atoms with Gasteiger partial charge in [0, 0.05) is 12.8 Å². The predicted octanol–water partition coefficient (Wildman–Crippen LogP) is 24.3. The first kappa shape index (κ1) is 109. The molecule has 2 atom stereocenters. The fourth-order valence-corrected chi connectivity index (χ4v) is 15.4. The maximum Gasteiger partial charge on any atom is 0.472 e. The second-order valence-corrected chi connectivity index (χ2v) is 34.9. The van der Waals surface area contributed by atoms with E-state index in [-0.39, 0.29) is 64.0 Å². The van der Waals surface area contributed by atoms with E-state index in [0.29, 0.717) is 52.1 Å². The largest absolute Gasteiger partial charge is 0.472 e. The molecule has 0 radical (unpaired) electrons. The zero-order valence-electron chi connectivity index (χ0n) is 72.4. The fraction of sp³-hybridized carbons (Fsp3) is 0.933. The lowest BCUT2D eigenvalue weighted by Crippen LogP contribution is -2.40. The third-order valence-electron chi connectivity index (χ3n) is 21.0. The summed E-state index contributed by atoms with van der Waals surface area (Å²) < 4.78 is 67.1. The molecule has 2 amide bonds. The maximum atomic E-state index is 13.4. The number of aliphatic hydroxyl groups excluding tert-OH is 1. The summed E-state index contributed by atoms with van der Waals surface area (Å²) in [5.74, 6) is -2.61. The molecule has 0 fully saturated rings. The topological polar surface area (TPSA) is 278 Å². The number of phosphoric acid groups is 2. The Morgan fingerprint density at radius 2 is 0.402 bits per heavy atom. The van der Waals surface area contributed by atoms with Gasteiger partial charge in [-0.2, -0.15) is 0 Å². The number of phosphoric ester groups is 2. The number of carbonyl (C=O) groups is 6. The first-order chi connectivity index (χ1) is 54.5. The van der Waals surface area contributed by atoms with Crippen LogP contribution in [0.25, 0.3) is 0 Å². The highest BCUT2D eigenvalue weighted by Crippen LogP contribution is 2.45. The lowest BCUT2D eigenvalue weighted by Gasteiger charge is -2.21. The number of unbranched alkanes of at least 4 members (excludes halogenated alkanes) is 58. The molecule has 662 valence electrons. The molecule has 0 bridgehead atoms. The van der Waals surface area contributed by atoms with Crippen molar-refractivity contribution in [2.75, 3.05) is 79.0 Å². The molecule has 0 aliphatic carbocycles. The number of rotatable bonds is 90. The van der Waals surface area contributed by atoms with Gasteiger partial charge in [-0.05, 0) is 51.4 Å². The smallest absolute Gasteiger partial charge is 0.464 e. The molecule has 0 aliphatic rings. The summed E-state index contributed by atoms with van der Waals surface area (Å²) in [7, 11) is -9.06. The summed E-state index contributed by atoms with van der Waals surface area (Å²) in [5.41, 5.74) is 0. The van der Waals surface area contributed by atoms with Crippen LogP contribution in [0.3, 0.4) is 0 Å². The Morgan fingerprint density at radius 3 is 0.589 bits per heavy atom. The van der Waals surface area contributed by atoms with Gasteiger partial charge in [0.25, 0.3) is 0 Å². The van der Waals surface area contributed by atoms with Crippen LogP contribution in [0.4, 0.5) is 0 Å². The highest BCUT2D eigenvalue weighted by Gasteiger charge is 2.27. The number of carbonyl (C=O) groups excluding carboxylic acids is 6. The fourth-order valence-electron chi connectivity index (χ4n) is 13.8. The average Bonchev–Trinajstić information content (AvgIpc) is 0.917. The number of hydrogen-bond acceptors (Lipinski definition) is 17. The van der Waals surface area contributed by atoms with Crippen LogP contribution in [-0.4, -0.2) is 146 Å². The molecule has 23 heteroatoms. The quantitative estimate of drug-likeness (QED) is 0.0221. The molecule has 0 aliphatic heterocycles. The van der Waals surface area contributed by atoms with Crippen LogP contribution in [0.15, 0.2) is 0 Å². The summed E-state index contributed by atoms with van der Waals surface area (Å²) in [5, 5.41) is 10.3. The molecule has 0 heterocycles. The number of aliphatic hydroxyl groups is 1. The molecule has 0 spiro atoms. The molecule has 2 unspecified atom stereocenters. The summed E-state index contributed by atoms with van der Waals surface area (Å²) in [6.45, 7) is 7.51. The molecule has 0 saturated carbocycles. The number of amides is 2. The van der Waals surface area contributed by atoms with Gasteiger partial charge in [-0.1, -0.05) is 387 Å². The molecule has 0 saturated heterocycles. The number of ether oxygens (including phenoxy) is 4. The van der Waals surface area contributed by atoms with E-state index >= 15 is 0 Å². The second-order valence-electron chi connectivity index (χ2n) is 31.9. The molecular weight excluding hydrogens is 1460 g/mol. The molecule has 0 aromatic heterocycles. The van der Waals surface area contributed by atoms with Crippen molar-refractivity contribution in [1.29, 1.82) is 0 Å². The van der Waals surface area contributed by atoms with Crippen LogP contribution in [0.1, 0.15) is 451 Å². The van der Waals surface area contributed by atoms with Crippen LogP contribution >= 0.6 is 15.6 Å². The predicted molar refractivity (Wildman–Crippen MR) is 454 cm³/mol. The normalized spacial score (nSPS) is 12.9.